The van der Waals surface area contributed by atoms with Gasteiger partial charge in [0.15, 0.2) is 0 Å². The summed E-state index contributed by atoms with van der Waals surface area (Å²) in [5.41, 5.74) is 0. The Bertz CT molecular complexity index is 370. The molecule has 0 fully saturated rings. The Balaban J connectivity index is 0. The van der Waals surface area contributed by atoms with Gasteiger partial charge in [-0.3, -0.25) is 0 Å². The van der Waals surface area contributed by atoms with E-state index in [0.29, 0.717) is 6.61 Å². The molecule has 4 heteroatoms. The van der Waals surface area contributed by atoms with E-state index >= 15 is 0 Å². The van der Waals surface area contributed by atoms with Crippen LogP contribution in [0.25, 0.3) is 0 Å². The molecule has 0 aromatic carbocycles. The first-order valence-corrected chi connectivity index (χ1v) is 12.3. The van der Waals surface area contributed by atoms with E-state index in [-0.39, 0.29) is 18.4 Å². The number of likely N-dealkylation sites (N-methyl/N-ethyl adjacent to an activating group) is 1. The number of halogens is 1. The molecule has 0 N–H and O–H groups in total. The Morgan fingerprint density at radius 3 is 1.52 bits per heavy atom. The van der Waals surface area contributed by atoms with Crippen LogP contribution >= 0.6 is 0 Å². The quantitative estimate of drug-likeness (QED) is 0.118. The molecule has 0 atom stereocenters. The summed E-state index contributed by atoms with van der Waals surface area (Å²) >= 11 is 0. The van der Waals surface area contributed by atoms with Crippen LogP contribution in [0.15, 0.2) is 12.7 Å². The predicted molar refractivity (Wildman–Crippen MR) is 123 cm³/mol. The van der Waals surface area contributed by atoms with E-state index in [4.69, 9.17) is 4.74 Å². The van der Waals surface area contributed by atoms with Gasteiger partial charge in [-0.2, -0.15) is 0 Å². The Morgan fingerprint density at radius 2 is 1.14 bits per heavy atom. The average Bonchev–Trinajstić information content (AvgIpc) is 2.72. The van der Waals surface area contributed by atoms with Crippen LogP contribution in [0.1, 0.15) is 111 Å². The molecule has 0 unspecified atom stereocenters. The lowest BCUT2D eigenvalue weighted by Crippen LogP contribution is -3.00. The van der Waals surface area contributed by atoms with Gasteiger partial charge in [-0.15, -0.1) is 0 Å². The van der Waals surface area contributed by atoms with Crippen molar-refractivity contribution in [2.24, 2.45) is 0 Å². The normalized spacial score (nSPS) is 11.1. The highest BCUT2D eigenvalue weighted by atomic mass is 35.5. The second-order valence-corrected chi connectivity index (χ2v) is 8.39. The highest BCUT2D eigenvalue weighted by Gasteiger charge is 2.22. The highest BCUT2D eigenvalue weighted by Crippen LogP contribution is 2.14. The van der Waals surface area contributed by atoms with Crippen molar-refractivity contribution >= 4 is 5.97 Å². The SMILES string of the molecule is C=CC(=O)OCC[N+](CC)(CC)CCCCCCCCCCCCCCCC.[Cl-]. The number of unbranched alkanes of at least 4 members (excludes halogenated alkanes) is 13. The van der Waals surface area contributed by atoms with Crippen LogP contribution in [0.2, 0.25) is 0 Å². The molecule has 0 saturated heterocycles. The van der Waals surface area contributed by atoms with Crippen molar-refractivity contribution in [3.8, 4) is 0 Å². The summed E-state index contributed by atoms with van der Waals surface area (Å²) < 4.78 is 6.26. The van der Waals surface area contributed by atoms with Crippen LogP contribution in [0, 0.1) is 0 Å². The lowest BCUT2D eigenvalue weighted by atomic mass is 10.0. The molecule has 3 nitrogen and oxygen atoms in total. The van der Waals surface area contributed by atoms with Gasteiger partial charge in [-0.05, 0) is 26.7 Å². The zero-order valence-electron chi connectivity index (χ0n) is 19.9. The molecule has 0 aromatic heterocycles. The molecule has 0 heterocycles. The standard InChI is InChI=1S/C25H50NO2.ClH/c1-5-9-10-11-12-13-14-15-16-17-18-19-20-21-22-26(7-3,8-4)23-24-28-25(27)6-2;/h6H,2,5,7-24H2,1,3-4H3;1H/q+1;/p-1. The summed E-state index contributed by atoms with van der Waals surface area (Å²) in [5.74, 6) is -0.304. The lowest BCUT2D eigenvalue weighted by molar-refractivity contribution is -0.925. The molecular weight excluding hydrogens is 382 g/mol. The second kappa shape index (κ2) is 22.2. The number of nitrogens with zero attached hydrogens (tertiary/aromatic N) is 1. The van der Waals surface area contributed by atoms with E-state index < -0.39 is 0 Å². The predicted octanol–water partition coefficient (Wildman–Crippen LogP) is 4.06. The smallest absolute Gasteiger partial charge is 0.330 e. The van der Waals surface area contributed by atoms with Crippen LogP contribution in [0.4, 0.5) is 0 Å². The van der Waals surface area contributed by atoms with Crippen molar-refractivity contribution in [3.05, 3.63) is 12.7 Å². The molecular formula is C25H50ClNO2. The van der Waals surface area contributed by atoms with E-state index in [2.05, 4.69) is 27.4 Å². The second-order valence-electron chi connectivity index (χ2n) is 8.39. The fourth-order valence-corrected chi connectivity index (χ4v) is 4.01. The van der Waals surface area contributed by atoms with Gasteiger partial charge in [0.1, 0.15) is 13.2 Å². The molecule has 0 rings (SSSR count). The molecule has 0 spiro atoms. The minimum Gasteiger partial charge on any atom is -1.00 e. The van der Waals surface area contributed by atoms with Gasteiger partial charge in [0.25, 0.3) is 0 Å². The van der Waals surface area contributed by atoms with E-state index in [0.717, 1.165) is 24.1 Å². The molecule has 0 amide bonds. The maximum atomic E-state index is 11.2. The summed E-state index contributed by atoms with van der Waals surface area (Å²) in [7, 11) is 0. The number of hydrogen-bond acceptors (Lipinski definition) is 2. The van der Waals surface area contributed by atoms with Gasteiger partial charge in [-0.1, -0.05) is 90.6 Å². The summed E-state index contributed by atoms with van der Waals surface area (Å²) in [6.07, 6.45) is 20.9. The third-order valence-corrected chi connectivity index (χ3v) is 6.30. The molecule has 0 aliphatic heterocycles. The number of quaternary nitrogens is 1. The number of rotatable bonds is 21. The minimum atomic E-state index is -0.304. The zero-order valence-corrected chi connectivity index (χ0v) is 20.6. The summed E-state index contributed by atoms with van der Waals surface area (Å²) in [4.78, 5) is 11.2. The largest absolute Gasteiger partial charge is 1.00 e. The fraction of sp³-hybridized carbons (Fsp3) is 0.880. The van der Waals surface area contributed by atoms with Crippen molar-refractivity contribution in [2.45, 2.75) is 111 Å². The first kappa shape index (κ1) is 30.7. The highest BCUT2D eigenvalue weighted by molar-refractivity contribution is 5.81. The van der Waals surface area contributed by atoms with Crippen molar-refractivity contribution < 1.29 is 26.4 Å². The van der Waals surface area contributed by atoms with Crippen LogP contribution in [0.5, 0.6) is 0 Å². The minimum absolute atomic E-state index is 0. The molecule has 0 saturated carbocycles. The summed E-state index contributed by atoms with van der Waals surface area (Å²) in [6, 6.07) is 0. The molecule has 0 aromatic rings. The molecule has 0 radical (unpaired) electrons. The Hall–Kier alpha value is -0.540. The van der Waals surface area contributed by atoms with Gasteiger partial charge < -0.3 is 21.6 Å². The topological polar surface area (TPSA) is 26.3 Å². The summed E-state index contributed by atoms with van der Waals surface area (Å²) in [5, 5.41) is 0. The monoisotopic (exact) mass is 431 g/mol. The Morgan fingerprint density at radius 1 is 0.724 bits per heavy atom. The summed E-state index contributed by atoms with van der Waals surface area (Å²) in [6.45, 7) is 15.1. The van der Waals surface area contributed by atoms with Gasteiger partial charge in [0.05, 0.1) is 19.6 Å². The van der Waals surface area contributed by atoms with Crippen molar-refractivity contribution in [1.82, 2.24) is 0 Å². The van der Waals surface area contributed by atoms with Crippen LogP contribution in [-0.4, -0.2) is 43.2 Å². The lowest BCUT2D eigenvalue weighted by Gasteiger charge is -2.36. The van der Waals surface area contributed by atoms with Crippen LogP contribution < -0.4 is 12.4 Å². The van der Waals surface area contributed by atoms with Crippen molar-refractivity contribution in [1.29, 1.82) is 0 Å². The van der Waals surface area contributed by atoms with Gasteiger partial charge in [-0.25, -0.2) is 4.79 Å². The Kier molecular flexibility index (Phi) is 23.4. The van der Waals surface area contributed by atoms with Crippen molar-refractivity contribution in [3.63, 3.8) is 0 Å². The first-order chi connectivity index (χ1) is 13.6. The zero-order chi connectivity index (χ0) is 20.9. The van der Waals surface area contributed by atoms with Gasteiger partial charge >= 0.3 is 5.97 Å². The average molecular weight is 432 g/mol. The van der Waals surface area contributed by atoms with Crippen molar-refractivity contribution in [2.75, 3.05) is 32.8 Å². The number of hydrogen-bond donors (Lipinski definition) is 0. The van der Waals surface area contributed by atoms with E-state index in [1.54, 1.807) is 0 Å². The van der Waals surface area contributed by atoms with E-state index in [1.807, 2.05) is 0 Å². The Labute approximate surface area is 188 Å². The molecule has 29 heavy (non-hydrogen) atoms. The fourth-order valence-electron chi connectivity index (χ4n) is 4.01. The van der Waals surface area contributed by atoms with Crippen LogP contribution in [0.3, 0.4) is 0 Å². The van der Waals surface area contributed by atoms with Crippen LogP contribution in [-0.2, 0) is 9.53 Å². The number of carbonyl (C=O) groups excluding carboxylic acids is 1. The third-order valence-electron chi connectivity index (χ3n) is 6.30. The maximum absolute atomic E-state index is 11.2. The number of esters is 1. The van der Waals surface area contributed by atoms with E-state index in [9.17, 15) is 4.79 Å². The van der Waals surface area contributed by atoms with Gasteiger partial charge in [0.2, 0.25) is 0 Å². The third kappa shape index (κ3) is 18.0. The molecule has 0 aliphatic carbocycles. The molecule has 0 bridgehead atoms. The maximum Gasteiger partial charge on any atom is 0.330 e. The first-order valence-electron chi connectivity index (χ1n) is 12.3. The number of ether oxygens (including phenoxy) is 1. The molecule has 174 valence electrons. The molecule has 0 aliphatic rings. The van der Waals surface area contributed by atoms with E-state index in [1.165, 1.54) is 103 Å². The van der Waals surface area contributed by atoms with Gasteiger partial charge in [0, 0.05) is 6.08 Å². The number of carbonyl (C=O) groups is 1.